The van der Waals surface area contributed by atoms with E-state index < -0.39 is 41.2 Å². The van der Waals surface area contributed by atoms with Crippen LogP contribution >= 0.6 is 0 Å². The van der Waals surface area contributed by atoms with E-state index in [1.54, 1.807) is 11.8 Å². The summed E-state index contributed by atoms with van der Waals surface area (Å²) in [5.74, 6) is -3.64. The molecule has 5 rings (SSSR count). The van der Waals surface area contributed by atoms with Crippen molar-refractivity contribution >= 4 is 11.8 Å². The molecule has 2 saturated heterocycles. The largest absolute Gasteiger partial charge is 0.503 e. The van der Waals surface area contributed by atoms with E-state index in [1.165, 1.54) is 10.8 Å². The summed E-state index contributed by atoms with van der Waals surface area (Å²) in [7, 11) is 0. The van der Waals surface area contributed by atoms with Gasteiger partial charge in [-0.25, -0.2) is 8.78 Å². The highest BCUT2D eigenvalue weighted by Crippen LogP contribution is 2.50. The molecule has 0 atom stereocenters. The van der Waals surface area contributed by atoms with Gasteiger partial charge in [-0.2, -0.15) is 0 Å². The van der Waals surface area contributed by atoms with Crippen LogP contribution in [-0.4, -0.2) is 38.0 Å². The molecule has 9 heteroatoms. The van der Waals surface area contributed by atoms with E-state index in [-0.39, 0.29) is 28.4 Å². The molecule has 1 aromatic carbocycles. The lowest BCUT2D eigenvalue weighted by molar-refractivity contribution is 0.0490. The van der Waals surface area contributed by atoms with Crippen molar-refractivity contribution in [3.8, 4) is 5.75 Å². The highest BCUT2D eigenvalue weighted by Gasteiger charge is 2.57. The zero-order chi connectivity index (χ0) is 22.1. The molecule has 2 fully saturated rings. The maximum absolute atomic E-state index is 14.0. The number of aryl methyl sites for hydroxylation is 1. The van der Waals surface area contributed by atoms with Crippen molar-refractivity contribution in [2.24, 2.45) is 0 Å². The second-order valence-electron chi connectivity index (χ2n) is 8.72. The van der Waals surface area contributed by atoms with Crippen LogP contribution in [0.2, 0.25) is 0 Å². The van der Waals surface area contributed by atoms with Crippen LogP contribution in [0.15, 0.2) is 23.1 Å². The minimum absolute atomic E-state index is 0.110. The van der Waals surface area contributed by atoms with Gasteiger partial charge in [0.05, 0.1) is 5.54 Å². The van der Waals surface area contributed by atoms with Gasteiger partial charge in [-0.3, -0.25) is 14.4 Å². The SMILES string of the molecule is Cc1cc(F)c(CNC(=O)c2cn3c(c(O)c2=O)C(=O)N2C4CCC2(CC4)C3)c(F)c1. The molecule has 31 heavy (non-hydrogen) atoms. The van der Waals surface area contributed by atoms with Gasteiger partial charge >= 0.3 is 0 Å². The summed E-state index contributed by atoms with van der Waals surface area (Å²) in [4.78, 5) is 40.1. The van der Waals surface area contributed by atoms with Crippen molar-refractivity contribution in [2.45, 2.75) is 57.3 Å². The molecule has 4 heterocycles. The predicted octanol–water partition coefficient (Wildman–Crippen LogP) is 2.22. The van der Waals surface area contributed by atoms with Crippen molar-refractivity contribution in [1.82, 2.24) is 14.8 Å². The lowest BCUT2D eigenvalue weighted by atomic mass is 9.86. The molecule has 7 nitrogen and oxygen atoms in total. The van der Waals surface area contributed by atoms with Gasteiger partial charge in [0.2, 0.25) is 5.43 Å². The number of hydrogen-bond acceptors (Lipinski definition) is 4. The van der Waals surface area contributed by atoms with Gasteiger partial charge in [-0.05, 0) is 50.3 Å². The van der Waals surface area contributed by atoms with E-state index in [1.807, 2.05) is 0 Å². The first-order valence-corrected chi connectivity index (χ1v) is 10.2. The number of fused-ring (bicyclic) bond motifs is 1. The third-order valence-electron chi connectivity index (χ3n) is 6.86. The smallest absolute Gasteiger partial charge is 0.275 e. The molecule has 0 saturated carbocycles. The maximum atomic E-state index is 14.0. The van der Waals surface area contributed by atoms with Gasteiger partial charge in [0.1, 0.15) is 17.2 Å². The molecule has 2 amide bonds. The second kappa shape index (κ2) is 6.63. The number of aromatic hydroxyl groups is 1. The van der Waals surface area contributed by atoms with Crippen LogP contribution in [-0.2, 0) is 13.1 Å². The zero-order valence-electron chi connectivity index (χ0n) is 16.9. The summed E-state index contributed by atoms with van der Waals surface area (Å²) in [5, 5.41) is 12.8. The topological polar surface area (TPSA) is 91.6 Å². The number of benzene rings is 1. The normalized spacial score (nSPS) is 23.6. The number of hydrogen-bond donors (Lipinski definition) is 2. The number of amides is 2. The third-order valence-corrected chi connectivity index (χ3v) is 6.86. The second-order valence-corrected chi connectivity index (χ2v) is 8.72. The Labute approximate surface area is 176 Å². The van der Waals surface area contributed by atoms with Crippen LogP contribution in [0.25, 0.3) is 0 Å². The summed E-state index contributed by atoms with van der Waals surface area (Å²) >= 11 is 0. The fraction of sp³-hybridized carbons (Fsp3) is 0.409. The molecule has 3 aliphatic heterocycles. The van der Waals surface area contributed by atoms with Gasteiger partial charge in [-0.15, -0.1) is 0 Å². The number of nitrogens with one attached hydrogen (secondary N) is 1. The number of carbonyl (C=O) groups is 2. The number of pyridine rings is 1. The number of carbonyl (C=O) groups excluding carboxylic acids is 2. The maximum Gasteiger partial charge on any atom is 0.275 e. The fourth-order valence-corrected chi connectivity index (χ4v) is 5.40. The first kappa shape index (κ1) is 19.7. The Morgan fingerprint density at radius 2 is 1.87 bits per heavy atom. The van der Waals surface area contributed by atoms with E-state index in [0.29, 0.717) is 12.1 Å². The molecule has 162 valence electrons. The first-order valence-electron chi connectivity index (χ1n) is 10.2. The quantitative estimate of drug-likeness (QED) is 0.783. The molecular formula is C22H21F2N3O4. The van der Waals surface area contributed by atoms with Crippen LogP contribution in [0.1, 0.15) is 57.7 Å². The van der Waals surface area contributed by atoms with Crippen LogP contribution < -0.4 is 10.7 Å². The number of halogens is 2. The van der Waals surface area contributed by atoms with Crippen molar-refractivity contribution in [3.05, 3.63) is 62.6 Å². The van der Waals surface area contributed by atoms with Crippen molar-refractivity contribution in [2.75, 3.05) is 0 Å². The average molecular weight is 429 g/mol. The van der Waals surface area contributed by atoms with Crippen LogP contribution in [0.5, 0.6) is 5.75 Å². The molecule has 2 aromatic rings. The molecule has 0 spiro atoms. The minimum atomic E-state index is -0.982. The van der Waals surface area contributed by atoms with Crippen molar-refractivity contribution in [3.63, 3.8) is 0 Å². The molecule has 2 N–H and O–H groups in total. The standard InChI is InChI=1S/C22H21F2N3O4/c1-11-6-15(23)13(16(24)7-11)8-25-20(30)14-9-26-10-22-4-2-12(3-5-22)27(22)21(31)17(26)19(29)18(14)28/h6-7,9,12,29H,2-5,8,10H2,1H3,(H,25,30). The van der Waals surface area contributed by atoms with Gasteiger partial charge in [0.15, 0.2) is 11.4 Å². The fourth-order valence-electron chi connectivity index (χ4n) is 5.40. The number of aromatic nitrogens is 1. The summed E-state index contributed by atoms with van der Waals surface area (Å²) in [6.07, 6.45) is 4.70. The van der Waals surface area contributed by atoms with E-state index >= 15 is 0 Å². The predicted molar refractivity (Wildman–Crippen MR) is 106 cm³/mol. The highest BCUT2D eigenvalue weighted by molar-refractivity contribution is 5.99. The molecule has 3 aliphatic rings. The van der Waals surface area contributed by atoms with Gasteiger partial charge in [0.25, 0.3) is 11.8 Å². The van der Waals surface area contributed by atoms with E-state index in [2.05, 4.69) is 5.32 Å². The van der Waals surface area contributed by atoms with E-state index in [9.17, 15) is 28.3 Å². The Morgan fingerprint density at radius 1 is 1.23 bits per heavy atom. The average Bonchev–Trinajstić information content (AvgIpc) is 3.25. The monoisotopic (exact) mass is 429 g/mol. The van der Waals surface area contributed by atoms with Gasteiger partial charge in [0, 0.05) is 30.9 Å². The Balaban J connectivity index is 1.47. The Hall–Kier alpha value is -3.23. The first-order chi connectivity index (χ1) is 14.7. The van der Waals surface area contributed by atoms with Gasteiger partial charge in [-0.1, -0.05) is 0 Å². The molecular weight excluding hydrogens is 408 g/mol. The number of nitrogens with zero attached hydrogens (tertiary/aromatic N) is 2. The molecule has 0 unspecified atom stereocenters. The number of rotatable bonds is 3. The Bertz CT molecular complexity index is 1170. The molecule has 2 bridgehead atoms. The summed E-state index contributed by atoms with van der Waals surface area (Å²) < 4.78 is 29.6. The molecule has 1 aromatic heterocycles. The third kappa shape index (κ3) is 2.79. The Morgan fingerprint density at radius 3 is 2.52 bits per heavy atom. The van der Waals surface area contributed by atoms with Crippen LogP contribution in [0.3, 0.4) is 0 Å². The van der Waals surface area contributed by atoms with Crippen LogP contribution in [0.4, 0.5) is 8.78 Å². The minimum Gasteiger partial charge on any atom is -0.503 e. The summed E-state index contributed by atoms with van der Waals surface area (Å²) in [5.41, 5.74) is -1.74. The van der Waals surface area contributed by atoms with E-state index in [0.717, 1.165) is 37.8 Å². The van der Waals surface area contributed by atoms with Crippen molar-refractivity contribution in [1.29, 1.82) is 0 Å². The lowest BCUT2D eigenvalue weighted by Crippen LogP contribution is -2.53. The highest BCUT2D eigenvalue weighted by atomic mass is 19.1. The van der Waals surface area contributed by atoms with Crippen LogP contribution in [0, 0.1) is 18.6 Å². The van der Waals surface area contributed by atoms with Crippen molar-refractivity contribution < 1.29 is 23.5 Å². The molecule has 0 radical (unpaired) electrons. The Kier molecular flexibility index (Phi) is 4.22. The zero-order valence-corrected chi connectivity index (χ0v) is 16.9. The van der Waals surface area contributed by atoms with E-state index in [4.69, 9.17) is 0 Å². The summed E-state index contributed by atoms with van der Waals surface area (Å²) in [6, 6.07) is 2.42. The van der Waals surface area contributed by atoms with Gasteiger partial charge < -0.3 is 19.9 Å². The molecule has 0 aliphatic carbocycles. The lowest BCUT2D eigenvalue weighted by Gasteiger charge is -2.41. The summed E-state index contributed by atoms with van der Waals surface area (Å²) in [6.45, 7) is 1.47.